The van der Waals surface area contributed by atoms with Crippen LogP contribution in [0.3, 0.4) is 0 Å². The molecule has 1 heterocycles. The maximum absolute atomic E-state index is 5.88. The third-order valence-electron chi connectivity index (χ3n) is 2.76. The summed E-state index contributed by atoms with van der Waals surface area (Å²) in [7, 11) is 3.92. The van der Waals surface area contributed by atoms with E-state index in [4.69, 9.17) is 5.73 Å². The number of nitrogens with two attached hydrogens (primary N) is 1. The van der Waals surface area contributed by atoms with Gasteiger partial charge in [-0.3, -0.25) is 0 Å². The van der Waals surface area contributed by atoms with Crippen molar-refractivity contribution in [1.82, 2.24) is 4.98 Å². The zero-order valence-corrected chi connectivity index (χ0v) is 14.5. The van der Waals surface area contributed by atoms with Gasteiger partial charge in [0.05, 0.1) is 6.54 Å². The van der Waals surface area contributed by atoms with Gasteiger partial charge in [-0.25, -0.2) is 9.98 Å². The lowest BCUT2D eigenvalue weighted by molar-refractivity contribution is 0.983. The molecule has 0 amide bonds. The maximum Gasteiger partial charge on any atom is 0.193 e. The lowest BCUT2D eigenvalue weighted by atomic mass is 10.2. The first-order valence-corrected chi connectivity index (χ1v) is 6.40. The Bertz CT molecular complexity index is 584. The smallest absolute Gasteiger partial charge is 0.193 e. The molecule has 2 rings (SSSR count). The van der Waals surface area contributed by atoms with Crippen molar-refractivity contribution >= 4 is 41.4 Å². The number of benzene rings is 1. The second-order valence-corrected chi connectivity index (χ2v) is 4.57. The van der Waals surface area contributed by atoms with Gasteiger partial charge in [-0.2, -0.15) is 0 Å². The van der Waals surface area contributed by atoms with Gasteiger partial charge in [-0.15, -0.1) is 24.0 Å². The van der Waals surface area contributed by atoms with E-state index in [0.29, 0.717) is 12.5 Å². The molecule has 5 nitrogen and oxygen atoms in total. The van der Waals surface area contributed by atoms with Gasteiger partial charge >= 0.3 is 0 Å². The molecule has 2 aromatic rings. The van der Waals surface area contributed by atoms with Crippen LogP contribution in [0.5, 0.6) is 0 Å². The SMILES string of the molecule is CN(C)c1ncccc1CN=C(N)Nc1ccccc1.I. The molecule has 21 heavy (non-hydrogen) atoms. The lowest BCUT2D eigenvalue weighted by Gasteiger charge is -2.14. The quantitative estimate of drug-likeness (QED) is 0.473. The summed E-state index contributed by atoms with van der Waals surface area (Å²) in [6.07, 6.45) is 1.77. The summed E-state index contributed by atoms with van der Waals surface area (Å²) in [5.74, 6) is 1.30. The first-order valence-electron chi connectivity index (χ1n) is 6.40. The Kier molecular flexibility index (Phi) is 6.93. The third-order valence-corrected chi connectivity index (χ3v) is 2.76. The van der Waals surface area contributed by atoms with Crippen LogP contribution in [0.25, 0.3) is 0 Å². The van der Waals surface area contributed by atoms with E-state index in [-0.39, 0.29) is 24.0 Å². The predicted molar refractivity (Wildman–Crippen MR) is 99.4 cm³/mol. The van der Waals surface area contributed by atoms with E-state index in [1.807, 2.05) is 61.5 Å². The van der Waals surface area contributed by atoms with Crippen LogP contribution in [-0.2, 0) is 6.54 Å². The molecule has 0 saturated carbocycles. The summed E-state index contributed by atoms with van der Waals surface area (Å²) < 4.78 is 0. The largest absolute Gasteiger partial charge is 0.370 e. The molecule has 0 unspecified atom stereocenters. The van der Waals surface area contributed by atoms with Gasteiger partial charge in [-0.05, 0) is 18.2 Å². The van der Waals surface area contributed by atoms with Crippen LogP contribution in [0.15, 0.2) is 53.7 Å². The van der Waals surface area contributed by atoms with Crippen LogP contribution in [0.2, 0.25) is 0 Å². The Hall–Kier alpha value is -1.83. The normalized spacial score (nSPS) is 10.7. The van der Waals surface area contributed by atoms with Crippen molar-refractivity contribution in [2.75, 3.05) is 24.3 Å². The number of nitrogens with one attached hydrogen (secondary N) is 1. The van der Waals surface area contributed by atoms with Crippen LogP contribution in [0.4, 0.5) is 11.5 Å². The van der Waals surface area contributed by atoms with E-state index >= 15 is 0 Å². The highest BCUT2D eigenvalue weighted by atomic mass is 127. The molecule has 0 aliphatic carbocycles. The molecule has 0 bridgehead atoms. The molecule has 0 atom stereocenters. The molecular formula is C15H20IN5. The van der Waals surface area contributed by atoms with Crippen molar-refractivity contribution in [3.8, 4) is 0 Å². The number of halogens is 1. The third kappa shape index (κ3) is 5.22. The lowest BCUT2D eigenvalue weighted by Crippen LogP contribution is -2.22. The van der Waals surface area contributed by atoms with Gasteiger partial charge in [0.15, 0.2) is 5.96 Å². The van der Waals surface area contributed by atoms with Crippen LogP contribution in [0.1, 0.15) is 5.56 Å². The number of guanidine groups is 1. The van der Waals surface area contributed by atoms with Crippen molar-refractivity contribution in [2.24, 2.45) is 10.7 Å². The van der Waals surface area contributed by atoms with E-state index < -0.39 is 0 Å². The average Bonchev–Trinajstić information content (AvgIpc) is 2.46. The number of hydrogen-bond donors (Lipinski definition) is 2. The minimum Gasteiger partial charge on any atom is -0.370 e. The zero-order chi connectivity index (χ0) is 14.4. The number of para-hydroxylation sites is 1. The molecule has 6 heteroatoms. The number of aromatic nitrogens is 1. The van der Waals surface area contributed by atoms with Gasteiger partial charge in [-0.1, -0.05) is 24.3 Å². The van der Waals surface area contributed by atoms with E-state index in [2.05, 4.69) is 15.3 Å². The fourth-order valence-electron chi connectivity index (χ4n) is 1.84. The van der Waals surface area contributed by atoms with Crippen molar-refractivity contribution in [2.45, 2.75) is 6.54 Å². The summed E-state index contributed by atoms with van der Waals surface area (Å²) in [6.45, 7) is 0.493. The van der Waals surface area contributed by atoms with Crippen molar-refractivity contribution < 1.29 is 0 Å². The maximum atomic E-state index is 5.88. The van der Waals surface area contributed by atoms with Crippen LogP contribution < -0.4 is 16.0 Å². The molecule has 1 aromatic carbocycles. The van der Waals surface area contributed by atoms with Gasteiger partial charge in [0.1, 0.15) is 5.82 Å². The summed E-state index contributed by atoms with van der Waals surface area (Å²) in [4.78, 5) is 10.6. The number of hydrogen-bond acceptors (Lipinski definition) is 3. The second-order valence-electron chi connectivity index (χ2n) is 4.57. The van der Waals surface area contributed by atoms with Crippen LogP contribution in [-0.4, -0.2) is 25.0 Å². The van der Waals surface area contributed by atoms with Crippen molar-refractivity contribution in [3.05, 3.63) is 54.2 Å². The van der Waals surface area contributed by atoms with Gasteiger partial charge in [0, 0.05) is 31.5 Å². The van der Waals surface area contributed by atoms with E-state index in [1.165, 1.54) is 0 Å². The van der Waals surface area contributed by atoms with E-state index in [0.717, 1.165) is 17.1 Å². The Morgan fingerprint density at radius 2 is 1.90 bits per heavy atom. The van der Waals surface area contributed by atoms with Gasteiger partial charge < -0.3 is 16.0 Å². The van der Waals surface area contributed by atoms with Crippen LogP contribution >= 0.6 is 24.0 Å². The van der Waals surface area contributed by atoms with Crippen LogP contribution in [0, 0.1) is 0 Å². The van der Waals surface area contributed by atoms with Gasteiger partial charge in [0.2, 0.25) is 0 Å². The second kappa shape index (κ2) is 8.46. The monoisotopic (exact) mass is 397 g/mol. The molecule has 0 aliphatic heterocycles. The predicted octanol–water partition coefficient (Wildman–Crippen LogP) is 2.69. The number of rotatable bonds is 4. The number of anilines is 2. The number of aliphatic imine (C=N–C) groups is 1. The summed E-state index contributed by atoms with van der Waals surface area (Å²) in [5.41, 5.74) is 7.85. The molecule has 1 aromatic heterocycles. The number of nitrogens with zero attached hydrogens (tertiary/aromatic N) is 3. The molecule has 0 aliphatic rings. The van der Waals surface area contributed by atoms with Gasteiger partial charge in [0.25, 0.3) is 0 Å². The molecule has 112 valence electrons. The van der Waals surface area contributed by atoms with E-state index in [1.54, 1.807) is 6.20 Å². The molecule has 0 spiro atoms. The standard InChI is InChI=1S/C15H19N5.HI/c1-20(2)14-12(7-6-10-17-14)11-18-15(16)19-13-8-4-3-5-9-13;/h3-10H,11H2,1-2H3,(H3,16,18,19);1H. The molecule has 0 fully saturated rings. The fraction of sp³-hybridized carbons (Fsp3) is 0.200. The minimum absolute atomic E-state index is 0. The average molecular weight is 397 g/mol. The molecule has 3 N–H and O–H groups in total. The highest BCUT2D eigenvalue weighted by Crippen LogP contribution is 2.15. The molecule has 0 saturated heterocycles. The highest BCUT2D eigenvalue weighted by molar-refractivity contribution is 14.0. The summed E-state index contributed by atoms with van der Waals surface area (Å²) >= 11 is 0. The van der Waals surface area contributed by atoms with E-state index in [9.17, 15) is 0 Å². The summed E-state index contributed by atoms with van der Waals surface area (Å²) in [5, 5.41) is 3.05. The first kappa shape index (κ1) is 17.2. The zero-order valence-electron chi connectivity index (χ0n) is 12.2. The topological polar surface area (TPSA) is 66.5 Å². The Labute approximate surface area is 142 Å². The first-order chi connectivity index (χ1) is 9.66. The Morgan fingerprint density at radius 3 is 2.57 bits per heavy atom. The molecule has 0 radical (unpaired) electrons. The number of pyridine rings is 1. The minimum atomic E-state index is 0. The highest BCUT2D eigenvalue weighted by Gasteiger charge is 2.04. The van der Waals surface area contributed by atoms with Crippen molar-refractivity contribution in [3.63, 3.8) is 0 Å². The fourth-order valence-corrected chi connectivity index (χ4v) is 1.84. The Morgan fingerprint density at radius 1 is 1.19 bits per heavy atom. The summed E-state index contributed by atoms with van der Waals surface area (Å²) in [6, 6.07) is 13.6. The molecular weight excluding hydrogens is 377 g/mol. The Balaban J connectivity index is 0.00000220. The van der Waals surface area contributed by atoms with Crippen molar-refractivity contribution in [1.29, 1.82) is 0 Å².